The van der Waals surface area contributed by atoms with Gasteiger partial charge in [0.1, 0.15) is 0 Å². The molecule has 2 N–H and O–H groups in total. The fourth-order valence-corrected chi connectivity index (χ4v) is 1.21. The standard InChI is InChI=1S/C8H9N3O/c1-12-8-6-4-2-3-5-7(6)11(9)10-8/h2-5H,9H2,1H3. The van der Waals surface area contributed by atoms with E-state index in [2.05, 4.69) is 5.10 Å². The second kappa shape index (κ2) is 2.41. The van der Waals surface area contributed by atoms with Crippen molar-refractivity contribution in [3.63, 3.8) is 0 Å². The molecule has 4 heteroatoms. The van der Waals surface area contributed by atoms with Crippen molar-refractivity contribution in [1.29, 1.82) is 0 Å². The summed E-state index contributed by atoms with van der Waals surface area (Å²) in [6, 6.07) is 7.65. The Hall–Kier alpha value is -1.71. The summed E-state index contributed by atoms with van der Waals surface area (Å²) in [4.78, 5) is 1.31. The first kappa shape index (κ1) is 6.97. The maximum Gasteiger partial charge on any atom is 0.242 e. The lowest BCUT2D eigenvalue weighted by Gasteiger charge is -1.90. The van der Waals surface area contributed by atoms with Crippen molar-refractivity contribution in [2.75, 3.05) is 13.0 Å². The van der Waals surface area contributed by atoms with Crippen LogP contribution in [-0.4, -0.2) is 17.0 Å². The van der Waals surface area contributed by atoms with Crippen LogP contribution in [0.15, 0.2) is 24.3 Å². The number of aromatic nitrogens is 2. The molecule has 0 saturated heterocycles. The first-order valence-corrected chi connectivity index (χ1v) is 3.60. The molecule has 0 radical (unpaired) electrons. The number of nitrogens with two attached hydrogens (primary N) is 1. The van der Waals surface area contributed by atoms with Crippen LogP contribution in [0.4, 0.5) is 0 Å². The number of rotatable bonds is 1. The fourth-order valence-electron chi connectivity index (χ4n) is 1.21. The molecule has 0 saturated carbocycles. The Morgan fingerprint density at radius 3 is 2.92 bits per heavy atom. The number of para-hydroxylation sites is 1. The molecule has 0 fully saturated rings. The monoisotopic (exact) mass is 163 g/mol. The van der Waals surface area contributed by atoms with E-state index in [1.807, 2.05) is 24.3 Å². The van der Waals surface area contributed by atoms with Gasteiger partial charge in [-0.05, 0) is 12.1 Å². The Morgan fingerprint density at radius 1 is 1.42 bits per heavy atom. The zero-order valence-corrected chi connectivity index (χ0v) is 6.69. The highest BCUT2D eigenvalue weighted by Gasteiger charge is 2.06. The van der Waals surface area contributed by atoms with Crippen LogP contribution in [0.3, 0.4) is 0 Å². The smallest absolute Gasteiger partial charge is 0.242 e. The van der Waals surface area contributed by atoms with Crippen molar-refractivity contribution in [3.05, 3.63) is 24.3 Å². The molecule has 62 valence electrons. The molecule has 0 unspecified atom stereocenters. The molecule has 0 atom stereocenters. The minimum absolute atomic E-state index is 0.563. The lowest BCUT2D eigenvalue weighted by molar-refractivity contribution is 0.397. The van der Waals surface area contributed by atoms with Crippen molar-refractivity contribution < 1.29 is 4.74 Å². The summed E-state index contributed by atoms with van der Waals surface area (Å²) in [6.07, 6.45) is 0. The van der Waals surface area contributed by atoms with E-state index in [9.17, 15) is 0 Å². The number of hydrogen-bond acceptors (Lipinski definition) is 3. The molecule has 0 spiro atoms. The summed E-state index contributed by atoms with van der Waals surface area (Å²) >= 11 is 0. The van der Waals surface area contributed by atoms with E-state index < -0.39 is 0 Å². The molecule has 4 nitrogen and oxygen atoms in total. The number of methoxy groups -OCH3 is 1. The normalized spacial score (nSPS) is 10.4. The van der Waals surface area contributed by atoms with Crippen LogP contribution >= 0.6 is 0 Å². The molecule has 2 rings (SSSR count). The van der Waals surface area contributed by atoms with Gasteiger partial charge in [0.15, 0.2) is 0 Å². The summed E-state index contributed by atoms with van der Waals surface area (Å²) < 4.78 is 5.04. The van der Waals surface area contributed by atoms with Gasteiger partial charge in [0.25, 0.3) is 0 Å². The molecule has 0 bridgehead atoms. The van der Waals surface area contributed by atoms with Crippen LogP contribution in [0, 0.1) is 0 Å². The van der Waals surface area contributed by atoms with Gasteiger partial charge in [-0.2, -0.15) is 4.79 Å². The lowest BCUT2D eigenvalue weighted by Crippen LogP contribution is -2.09. The van der Waals surface area contributed by atoms with Crippen molar-refractivity contribution >= 4 is 10.9 Å². The van der Waals surface area contributed by atoms with Gasteiger partial charge in [0, 0.05) is 0 Å². The third kappa shape index (κ3) is 0.812. The van der Waals surface area contributed by atoms with Gasteiger partial charge in [-0.3, -0.25) is 0 Å². The fraction of sp³-hybridized carbons (Fsp3) is 0.125. The van der Waals surface area contributed by atoms with Crippen molar-refractivity contribution in [1.82, 2.24) is 9.89 Å². The van der Waals surface area contributed by atoms with Crippen LogP contribution in [0.2, 0.25) is 0 Å². The topological polar surface area (TPSA) is 53.1 Å². The van der Waals surface area contributed by atoms with Crippen LogP contribution in [-0.2, 0) is 0 Å². The Kier molecular flexibility index (Phi) is 1.40. The summed E-state index contributed by atoms with van der Waals surface area (Å²) in [5.74, 6) is 6.14. The van der Waals surface area contributed by atoms with Gasteiger partial charge in [-0.15, -0.1) is 5.10 Å². The molecule has 1 aromatic heterocycles. The average molecular weight is 163 g/mol. The number of hydrogen-bond donors (Lipinski definition) is 1. The average Bonchev–Trinajstić information content (AvgIpc) is 2.44. The Morgan fingerprint density at radius 2 is 2.17 bits per heavy atom. The first-order chi connectivity index (χ1) is 5.83. The molecule has 12 heavy (non-hydrogen) atoms. The number of nitrogens with zero attached hydrogens (tertiary/aromatic N) is 2. The molecule has 0 aliphatic heterocycles. The quantitative estimate of drug-likeness (QED) is 0.631. The van der Waals surface area contributed by atoms with Gasteiger partial charge in [0.2, 0.25) is 5.88 Å². The van der Waals surface area contributed by atoms with E-state index in [0.717, 1.165) is 10.9 Å². The maximum absolute atomic E-state index is 5.58. The maximum atomic E-state index is 5.58. The van der Waals surface area contributed by atoms with Crippen LogP contribution in [0.5, 0.6) is 5.88 Å². The number of ether oxygens (including phenoxy) is 1. The largest absolute Gasteiger partial charge is 0.479 e. The molecule has 2 aromatic rings. The van der Waals surface area contributed by atoms with Gasteiger partial charge in [0.05, 0.1) is 18.0 Å². The van der Waals surface area contributed by atoms with Crippen molar-refractivity contribution in [2.45, 2.75) is 0 Å². The lowest BCUT2D eigenvalue weighted by atomic mass is 10.2. The predicted molar refractivity (Wildman–Crippen MR) is 46.4 cm³/mol. The van der Waals surface area contributed by atoms with Gasteiger partial charge in [-0.1, -0.05) is 12.1 Å². The van der Waals surface area contributed by atoms with Crippen LogP contribution in [0.25, 0.3) is 10.9 Å². The zero-order valence-electron chi connectivity index (χ0n) is 6.69. The third-order valence-electron chi connectivity index (χ3n) is 1.77. The second-order valence-electron chi connectivity index (χ2n) is 2.47. The molecule has 0 aliphatic carbocycles. The van der Waals surface area contributed by atoms with E-state index in [1.54, 1.807) is 7.11 Å². The van der Waals surface area contributed by atoms with Crippen LogP contribution in [0.1, 0.15) is 0 Å². The molecule has 1 heterocycles. The number of nitrogen functional groups attached to an aromatic ring is 1. The van der Waals surface area contributed by atoms with Gasteiger partial charge >= 0.3 is 0 Å². The van der Waals surface area contributed by atoms with Crippen molar-refractivity contribution in [2.24, 2.45) is 0 Å². The SMILES string of the molecule is COc1nn(N)c2ccccc12. The Bertz CT molecular complexity index is 408. The highest BCUT2D eigenvalue weighted by atomic mass is 16.5. The Labute approximate surface area is 69.5 Å². The highest BCUT2D eigenvalue weighted by Crippen LogP contribution is 2.22. The van der Waals surface area contributed by atoms with E-state index >= 15 is 0 Å². The minimum atomic E-state index is 0.563. The molecular formula is C8H9N3O. The van der Waals surface area contributed by atoms with E-state index in [-0.39, 0.29) is 0 Å². The predicted octanol–water partition coefficient (Wildman–Crippen LogP) is 0.759. The third-order valence-corrected chi connectivity index (χ3v) is 1.77. The first-order valence-electron chi connectivity index (χ1n) is 3.60. The summed E-state index contributed by atoms with van der Waals surface area (Å²) in [5, 5.41) is 4.91. The van der Waals surface area contributed by atoms with Crippen molar-refractivity contribution in [3.8, 4) is 5.88 Å². The van der Waals surface area contributed by atoms with Gasteiger partial charge in [-0.25, -0.2) is 0 Å². The van der Waals surface area contributed by atoms with E-state index in [1.165, 1.54) is 4.79 Å². The summed E-state index contributed by atoms with van der Waals surface area (Å²) in [6.45, 7) is 0. The van der Waals surface area contributed by atoms with E-state index in [0.29, 0.717) is 5.88 Å². The number of fused-ring (bicyclic) bond motifs is 1. The Balaban J connectivity index is 2.82. The van der Waals surface area contributed by atoms with Gasteiger partial charge < -0.3 is 10.6 Å². The second-order valence-corrected chi connectivity index (χ2v) is 2.47. The highest BCUT2D eigenvalue weighted by molar-refractivity contribution is 5.84. The summed E-state index contributed by atoms with van der Waals surface area (Å²) in [7, 11) is 1.58. The minimum Gasteiger partial charge on any atom is -0.479 e. The molecular weight excluding hydrogens is 154 g/mol. The molecule has 1 aromatic carbocycles. The molecule has 0 aliphatic rings. The van der Waals surface area contributed by atoms with Crippen LogP contribution < -0.4 is 10.6 Å². The number of benzene rings is 1. The van der Waals surface area contributed by atoms with E-state index in [4.69, 9.17) is 10.6 Å². The molecule has 0 amide bonds. The zero-order chi connectivity index (χ0) is 8.55. The summed E-state index contributed by atoms with van der Waals surface area (Å²) in [5.41, 5.74) is 0.870.